The third kappa shape index (κ3) is 1.96. The highest BCUT2D eigenvalue weighted by Gasteiger charge is 2.46. The van der Waals surface area contributed by atoms with Crippen molar-refractivity contribution in [3.05, 3.63) is 12.7 Å². The van der Waals surface area contributed by atoms with Crippen molar-refractivity contribution in [3.8, 4) is 0 Å². The van der Waals surface area contributed by atoms with E-state index in [4.69, 9.17) is 0 Å². The molecule has 0 radical (unpaired) electrons. The number of piperidine rings is 1. The highest BCUT2D eigenvalue weighted by molar-refractivity contribution is 6.08. The van der Waals surface area contributed by atoms with Crippen molar-refractivity contribution in [2.45, 2.75) is 45.6 Å². The van der Waals surface area contributed by atoms with Crippen molar-refractivity contribution in [2.24, 2.45) is 5.41 Å². The molecular weight excluding hydrogens is 190 g/mol. The number of hydrogen-bond donors (Lipinski definition) is 1. The van der Waals surface area contributed by atoms with Gasteiger partial charge in [0.25, 0.3) is 0 Å². The first-order valence-electron chi connectivity index (χ1n) is 5.55. The fourth-order valence-corrected chi connectivity index (χ4v) is 2.23. The zero-order valence-corrected chi connectivity index (χ0v) is 9.51. The first-order chi connectivity index (χ1) is 7.10. The van der Waals surface area contributed by atoms with Crippen LogP contribution in [0.4, 0.5) is 0 Å². The highest BCUT2D eigenvalue weighted by atomic mass is 16.2. The third-order valence-corrected chi connectivity index (χ3v) is 3.39. The Morgan fingerprint density at radius 1 is 1.47 bits per heavy atom. The standard InChI is InChI=1S/C12H19NO2/c1-4-7-9-8-10(14)12(5-2,6-3)11(15)13-9/h4,9H,1,5-8H2,2-3H3,(H,13,15). The molecule has 3 heteroatoms. The van der Waals surface area contributed by atoms with Crippen molar-refractivity contribution < 1.29 is 9.59 Å². The number of amides is 1. The van der Waals surface area contributed by atoms with Crippen LogP contribution >= 0.6 is 0 Å². The number of Topliss-reactive ketones (excluding diaryl/α,β-unsaturated/α-hetero) is 1. The quantitative estimate of drug-likeness (QED) is 0.567. The molecule has 1 N–H and O–H groups in total. The van der Waals surface area contributed by atoms with Gasteiger partial charge in [0.1, 0.15) is 11.2 Å². The molecule has 1 atom stereocenters. The fraction of sp³-hybridized carbons (Fsp3) is 0.667. The van der Waals surface area contributed by atoms with Crippen molar-refractivity contribution in [2.75, 3.05) is 0 Å². The lowest BCUT2D eigenvalue weighted by molar-refractivity contribution is -0.147. The lowest BCUT2D eigenvalue weighted by Gasteiger charge is -2.36. The molecule has 0 saturated carbocycles. The van der Waals surface area contributed by atoms with Gasteiger partial charge in [0.2, 0.25) is 5.91 Å². The molecule has 84 valence electrons. The van der Waals surface area contributed by atoms with Gasteiger partial charge in [0, 0.05) is 12.5 Å². The average Bonchev–Trinajstić information content (AvgIpc) is 2.19. The molecule has 1 aliphatic rings. The van der Waals surface area contributed by atoms with Gasteiger partial charge in [0.05, 0.1) is 0 Å². The number of rotatable bonds is 4. The van der Waals surface area contributed by atoms with Crippen LogP contribution in [0.5, 0.6) is 0 Å². The summed E-state index contributed by atoms with van der Waals surface area (Å²) in [4.78, 5) is 23.9. The van der Waals surface area contributed by atoms with Gasteiger partial charge < -0.3 is 5.32 Å². The summed E-state index contributed by atoms with van der Waals surface area (Å²) in [5.41, 5.74) is -0.766. The topological polar surface area (TPSA) is 46.2 Å². The van der Waals surface area contributed by atoms with Crippen LogP contribution in [-0.2, 0) is 9.59 Å². The largest absolute Gasteiger partial charge is 0.352 e. The van der Waals surface area contributed by atoms with E-state index >= 15 is 0 Å². The molecule has 1 heterocycles. The smallest absolute Gasteiger partial charge is 0.233 e. The van der Waals surface area contributed by atoms with E-state index < -0.39 is 5.41 Å². The summed E-state index contributed by atoms with van der Waals surface area (Å²) in [6.07, 6.45) is 4.04. The van der Waals surface area contributed by atoms with Gasteiger partial charge >= 0.3 is 0 Å². The second kappa shape index (κ2) is 4.60. The molecule has 3 nitrogen and oxygen atoms in total. The van der Waals surface area contributed by atoms with Crippen LogP contribution in [0.25, 0.3) is 0 Å². The molecule has 1 rings (SSSR count). The molecule has 1 amide bonds. The molecule has 1 saturated heterocycles. The first-order valence-corrected chi connectivity index (χ1v) is 5.55. The average molecular weight is 209 g/mol. The summed E-state index contributed by atoms with van der Waals surface area (Å²) < 4.78 is 0. The Balaban J connectivity index is 2.85. The Hall–Kier alpha value is -1.12. The fourth-order valence-electron chi connectivity index (χ4n) is 2.23. The predicted octanol–water partition coefficient (Wildman–Crippen LogP) is 1.83. The Morgan fingerprint density at radius 2 is 2.07 bits per heavy atom. The van der Waals surface area contributed by atoms with Gasteiger partial charge in [-0.25, -0.2) is 0 Å². The number of ketones is 1. The van der Waals surface area contributed by atoms with Gasteiger partial charge in [-0.1, -0.05) is 19.9 Å². The molecule has 0 aromatic carbocycles. The lowest BCUT2D eigenvalue weighted by Crippen LogP contribution is -2.55. The van der Waals surface area contributed by atoms with Crippen LogP contribution in [0.15, 0.2) is 12.7 Å². The van der Waals surface area contributed by atoms with Crippen LogP contribution in [0.1, 0.15) is 39.5 Å². The molecule has 0 aromatic rings. The maximum atomic E-state index is 12.0. The van der Waals surface area contributed by atoms with Crippen LogP contribution in [0.3, 0.4) is 0 Å². The van der Waals surface area contributed by atoms with Crippen molar-refractivity contribution in [1.82, 2.24) is 5.32 Å². The van der Waals surface area contributed by atoms with E-state index in [-0.39, 0.29) is 17.7 Å². The second-order valence-corrected chi connectivity index (χ2v) is 4.11. The van der Waals surface area contributed by atoms with E-state index in [0.717, 1.165) is 0 Å². The maximum absolute atomic E-state index is 12.0. The molecule has 1 unspecified atom stereocenters. The van der Waals surface area contributed by atoms with E-state index in [9.17, 15) is 9.59 Å². The molecule has 1 fully saturated rings. The second-order valence-electron chi connectivity index (χ2n) is 4.11. The minimum absolute atomic E-state index is 0.0475. The van der Waals surface area contributed by atoms with E-state index in [1.807, 2.05) is 13.8 Å². The van der Waals surface area contributed by atoms with Crippen molar-refractivity contribution >= 4 is 11.7 Å². The summed E-state index contributed by atoms with van der Waals surface area (Å²) >= 11 is 0. The normalized spacial score (nSPS) is 24.8. The Kier molecular flexibility index (Phi) is 3.66. The SMILES string of the molecule is C=CCC1CC(=O)C(CC)(CC)C(=O)N1. The predicted molar refractivity (Wildman–Crippen MR) is 59.4 cm³/mol. The summed E-state index contributed by atoms with van der Waals surface area (Å²) in [7, 11) is 0. The minimum atomic E-state index is -0.766. The molecule has 0 aliphatic carbocycles. The molecule has 1 aliphatic heterocycles. The number of hydrogen-bond acceptors (Lipinski definition) is 2. The van der Waals surface area contributed by atoms with E-state index in [0.29, 0.717) is 25.7 Å². The molecule has 0 spiro atoms. The van der Waals surface area contributed by atoms with Crippen LogP contribution in [0.2, 0.25) is 0 Å². The number of carbonyl (C=O) groups is 2. The van der Waals surface area contributed by atoms with Crippen LogP contribution < -0.4 is 5.32 Å². The van der Waals surface area contributed by atoms with Crippen LogP contribution in [-0.4, -0.2) is 17.7 Å². The van der Waals surface area contributed by atoms with E-state index in [1.54, 1.807) is 6.08 Å². The first kappa shape index (κ1) is 12.0. The molecule has 0 aromatic heterocycles. The van der Waals surface area contributed by atoms with Gasteiger partial charge in [-0.2, -0.15) is 0 Å². The van der Waals surface area contributed by atoms with Crippen molar-refractivity contribution in [3.63, 3.8) is 0 Å². The van der Waals surface area contributed by atoms with E-state index in [2.05, 4.69) is 11.9 Å². The number of carbonyl (C=O) groups excluding carboxylic acids is 2. The Morgan fingerprint density at radius 3 is 2.47 bits per heavy atom. The summed E-state index contributed by atoms with van der Waals surface area (Å²) in [5, 5.41) is 2.91. The monoisotopic (exact) mass is 209 g/mol. The number of nitrogens with one attached hydrogen (secondary N) is 1. The van der Waals surface area contributed by atoms with Gasteiger partial charge in [-0.05, 0) is 19.3 Å². The van der Waals surface area contributed by atoms with Crippen LogP contribution in [0, 0.1) is 5.41 Å². The Labute approximate surface area is 90.9 Å². The van der Waals surface area contributed by atoms with Gasteiger partial charge in [-0.3, -0.25) is 9.59 Å². The third-order valence-electron chi connectivity index (χ3n) is 3.39. The van der Waals surface area contributed by atoms with Gasteiger partial charge in [0.15, 0.2) is 0 Å². The summed E-state index contributed by atoms with van der Waals surface area (Å²) in [5.74, 6) is -0.0151. The zero-order chi connectivity index (χ0) is 11.5. The highest BCUT2D eigenvalue weighted by Crippen LogP contribution is 2.33. The van der Waals surface area contributed by atoms with Gasteiger partial charge in [-0.15, -0.1) is 6.58 Å². The zero-order valence-electron chi connectivity index (χ0n) is 9.51. The minimum Gasteiger partial charge on any atom is -0.352 e. The maximum Gasteiger partial charge on any atom is 0.233 e. The summed E-state index contributed by atoms with van der Waals surface area (Å²) in [6, 6.07) is -0.0475. The molecule has 15 heavy (non-hydrogen) atoms. The summed E-state index contributed by atoms with van der Waals surface area (Å²) in [6.45, 7) is 7.41. The van der Waals surface area contributed by atoms with E-state index in [1.165, 1.54) is 0 Å². The molecule has 0 bridgehead atoms. The Bertz CT molecular complexity index is 259. The molecular formula is C12H19NO2. The lowest BCUT2D eigenvalue weighted by atomic mass is 9.72. The van der Waals surface area contributed by atoms with Crippen molar-refractivity contribution in [1.29, 1.82) is 0 Å².